The Hall–Kier alpha value is -2.63. The van der Waals surface area contributed by atoms with E-state index in [9.17, 15) is 4.79 Å². The number of hydrogen-bond donors (Lipinski definition) is 3. The van der Waals surface area contributed by atoms with Crippen molar-refractivity contribution in [2.75, 3.05) is 5.73 Å². The molecule has 0 unspecified atom stereocenters. The average Bonchev–Trinajstić information content (AvgIpc) is 2.68. The van der Waals surface area contributed by atoms with E-state index in [1.54, 1.807) is 12.3 Å². The third-order valence-electron chi connectivity index (χ3n) is 2.88. The molecule has 0 aliphatic carbocycles. The average molecular weight is 241 g/mol. The summed E-state index contributed by atoms with van der Waals surface area (Å²) >= 11 is 0. The minimum atomic E-state index is -0.138. The van der Waals surface area contributed by atoms with Crippen LogP contribution in [0, 0.1) is 6.92 Å². The molecule has 0 fully saturated rings. The third-order valence-corrected chi connectivity index (χ3v) is 2.88. The Morgan fingerprint density at radius 1 is 1.28 bits per heavy atom. The van der Waals surface area contributed by atoms with Gasteiger partial charge in [0.25, 0.3) is 0 Å². The van der Waals surface area contributed by atoms with Gasteiger partial charge in [0.1, 0.15) is 17.8 Å². The normalized spacial score (nSPS) is 10.9. The molecule has 0 aromatic carbocycles. The van der Waals surface area contributed by atoms with Gasteiger partial charge in [-0.1, -0.05) is 0 Å². The molecule has 90 valence electrons. The molecule has 3 aromatic rings. The topological polar surface area (TPSA) is 100 Å². The fourth-order valence-electron chi connectivity index (χ4n) is 2.09. The summed E-state index contributed by atoms with van der Waals surface area (Å²) in [6.45, 7) is 1.93. The Bertz CT molecular complexity index is 766. The van der Waals surface area contributed by atoms with Crippen LogP contribution in [0.4, 0.5) is 5.82 Å². The van der Waals surface area contributed by atoms with Crippen molar-refractivity contribution < 1.29 is 0 Å². The molecule has 3 rings (SSSR count). The van der Waals surface area contributed by atoms with Crippen LogP contribution in [0.15, 0.2) is 29.5 Å². The monoisotopic (exact) mass is 241 g/mol. The van der Waals surface area contributed by atoms with E-state index in [-0.39, 0.29) is 5.56 Å². The molecule has 3 heterocycles. The summed E-state index contributed by atoms with van der Waals surface area (Å²) in [4.78, 5) is 25.0. The van der Waals surface area contributed by atoms with Gasteiger partial charge in [-0.15, -0.1) is 0 Å². The largest absolute Gasteiger partial charge is 0.383 e. The number of fused-ring (bicyclic) bond motifs is 1. The first-order valence-electron chi connectivity index (χ1n) is 5.44. The SMILES string of the molecule is Cc1[nH]c2ncnc(N)c2c1-c1ccc(=O)[nH]c1. The van der Waals surface area contributed by atoms with Crippen LogP contribution < -0.4 is 11.3 Å². The van der Waals surface area contributed by atoms with Gasteiger partial charge in [0.2, 0.25) is 5.56 Å². The zero-order valence-corrected chi connectivity index (χ0v) is 9.69. The molecule has 0 spiro atoms. The molecule has 3 aromatic heterocycles. The number of nitrogens with one attached hydrogen (secondary N) is 2. The second-order valence-electron chi connectivity index (χ2n) is 4.05. The van der Waals surface area contributed by atoms with E-state index in [0.29, 0.717) is 11.5 Å². The Morgan fingerprint density at radius 3 is 2.83 bits per heavy atom. The van der Waals surface area contributed by atoms with E-state index in [4.69, 9.17) is 5.73 Å². The molecular formula is C12H11N5O. The highest BCUT2D eigenvalue weighted by molar-refractivity contribution is 6.01. The van der Waals surface area contributed by atoms with Crippen LogP contribution in [-0.2, 0) is 0 Å². The van der Waals surface area contributed by atoms with Crippen molar-refractivity contribution >= 4 is 16.9 Å². The second-order valence-corrected chi connectivity index (χ2v) is 4.05. The maximum atomic E-state index is 11.1. The number of pyridine rings is 1. The molecule has 0 radical (unpaired) electrons. The maximum absolute atomic E-state index is 11.1. The summed E-state index contributed by atoms with van der Waals surface area (Å²) in [7, 11) is 0. The van der Waals surface area contributed by atoms with Crippen LogP contribution in [0.3, 0.4) is 0 Å². The lowest BCUT2D eigenvalue weighted by molar-refractivity contribution is 1.19. The van der Waals surface area contributed by atoms with Crippen molar-refractivity contribution in [3.63, 3.8) is 0 Å². The van der Waals surface area contributed by atoms with Gasteiger partial charge in [-0.25, -0.2) is 9.97 Å². The van der Waals surface area contributed by atoms with Crippen LogP contribution in [0.25, 0.3) is 22.2 Å². The zero-order valence-electron chi connectivity index (χ0n) is 9.69. The highest BCUT2D eigenvalue weighted by Crippen LogP contribution is 2.32. The van der Waals surface area contributed by atoms with Crippen molar-refractivity contribution in [3.8, 4) is 11.1 Å². The van der Waals surface area contributed by atoms with Crippen molar-refractivity contribution in [2.24, 2.45) is 0 Å². The Kier molecular flexibility index (Phi) is 2.16. The number of hydrogen-bond acceptors (Lipinski definition) is 4. The molecule has 0 bridgehead atoms. The first-order valence-corrected chi connectivity index (χ1v) is 5.44. The maximum Gasteiger partial charge on any atom is 0.247 e. The quantitative estimate of drug-likeness (QED) is 0.596. The summed E-state index contributed by atoms with van der Waals surface area (Å²) in [6.07, 6.45) is 3.08. The van der Waals surface area contributed by atoms with Crippen molar-refractivity contribution in [3.05, 3.63) is 40.7 Å². The van der Waals surface area contributed by atoms with Gasteiger partial charge >= 0.3 is 0 Å². The van der Waals surface area contributed by atoms with Crippen LogP contribution >= 0.6 is 0 Å². The Morgan fingerprint density at radius 2 is 2.11 bits per heavy atom. The van der Waals surface area contributed by atoms with E-state index in [0.717, 1.165) is 22.2 Å². The first kappa shape index (κ1) is 10.5. The molecule has 0 amide bonds. The Balaban J connectivity index is 2.38. The van der Waals surface area contributed by atoms with E-state index < -0.39 is 0 Å². The standard InChI is InChI=1S/C12H11N5O/c1-6-9(7-2-3-8(18)14-4-7)10-11(13)15-5-16-12(10)17-6/h2-5H,1H3,(H,14,18)(H3,13,15,16,17). The summed E-state index contributed by atoms with van der Waals surface area (Å²) in [5.41, 5.74) is 9.18. The van der Waals surface area contributed by atoms with Gasteiger partial charge in [0.05, 0.1) is 5.39 Å². The van der Waals surface area contributed by atoms with Crippen LogP contribution in [0.5, 0.6) is 0 Å². The smallest absolute Gasteiger partial charge is 0.247 e. The minimum absolute atomic E-state index is 0.138. The van der Waals surface area contributed by atoms with Crippen molar-refractivity contribution in [1.82, 2.24) is 19.9 Å². The zero-order chi connectivity index (χ0) is 12.7. The molecule has 4 N–H and O–H groups in total. The number of H-pyrrole nitrogens is 2. The van der Waals surface area contributed by atoms with E-state index in [1.165, 1.54) is 12.4 Å². The number of rotatable bonds is 1. The number of nitrogens with zero attached hydrogens (tertiary/aromatic N) is 2. The van der Waals surface area contributed by atoms with E-state index in [1.807, 2.05) is 6.92 Å². The van der Waals surface area contributed by atoms with Crippen molar-refractivity contribution in [2.45, 2.75) is 6.92 Å². The summed E-state index contributed by atoms with van der Waals surface area (Å²) in [5.74, 6) is 0.422. The highest BCUT2D eigenvalue weighted by Gasteiger charge is 2.14. The summed E-state index contributed by atoms with van der Waals surface area (Å²) in [5, 5.41) is 0.780. The van der Waals surface area contributed by atoms with Gasteiger partial charge in [0.15, 0.2) is 0 Å². The fourth-order valence-corrected chi connectivity index (χ4v) is 2.09. The third kappa shape index (κ3) is 1.46. The molecule has 6 nitrogen and oxygen atoms in total. The van der Waals surface area contributed by atoms with Gasteiger partial charge < -0.3 is 15.7 Å². The molecule has 0 aliphatic heterocycles. The lowest BCUT2D eigenvalue weighted by Crippen LogP contribution is -2.01. The van der Waals surface area contributed by atoms with Gasteiger partial charge in [0, 0.05) is 29.1 Å². The number of aromatic amines is 2. The number of aryl methyl sites for hydroxylation is 1. The predicted molar refractivity (Wildman–Crippen MR) is 69.1 cm³/mol. The number of aromatic nitrogens is 4. The van der Waals surface area contributed by atoms with Crippen LogP contribution in [0.2, 0.25) is 0 Å². The summed E-state index contributed by atoms with van der Waals surface area (Å²) < 4.78 is 0. The predicted octanol–water partition coefficient (Wildman–Crippen LogP) is 1.20. The highest BCUT2D eigenvalue weighted by atomic mass is 16.1. The molecular weight excluding hydrogens is 230 g/mol. The van der Waals surface area contributed by atoms with E-state index in [2.05, 4.69) is 19.9 Å². The molecule has 18 heavy (non-hydrogen) atoms. The van der Waals surface area contributed by atoms with E-state index >= 15 is 0 Å². The molecule has 6 heteroatoms. The molecule has 0 saturated carbocycles. The molecule has 0 atom stereocenters. The lowest BCUT2D eigenvalue weighted by Gasteiger charge is -2.02. The van der Waals surface area contributed by atoms with Gasteiger partial charge in [-0.05, 0) is 13.0 Å². The first-order chi connectivity index (χ1) is 8.66. The number of anilines is 1. The summed E-state index contributed by atoms with van der Waals surface area (Å²) in [6, 6.07) is 3.23. The van der Waals surface area contributed by atoms with Crippen molar-refractivity contribution in [1.29, 1.82) is 0 Å². The molecule has 0 aliphatic rings. The second kappa shape index (κ2) is 3.69. The number of nitrogens with two attached hydrogens (primary N) is 1. The lowest BCUT2D eigenvalue weighted by atomic mass is 10.1. The van der Waals surface area contributed by atoms with Crippen LogP contribution in [0.1, 0.15) is 5.69 Å². The van der Waals surface area contributed by atoms with Gasteiger partial charge in [-0.3, -0.25) is 4.79 Å². The Labute approximate surface area is 102 Å². The fraction of sp³-hybridized carbons (Fsp3) is 0.0833. The van der Waals surface area contributed by atoms with Gasteiger partial charge in [-0.2, -0.15) is 0 Å². The minimum Gasteiger partial charge on any atom is -0.383 e. The molecule has 0 saturated heterocycles. The van der Waals surface area contributed by atoms with Crippen LogP contribution in [-0.4, -0.2) is 19.9 Å². The number of nitrogen functional groups attached to an aromatic ring is 1.